The van der Waals surface area contributed by atoms with Gasteiger partial charge in [-0.3, -0.25) is 4.79 Å². The molecule has 164 valence electrons. The molecule has 0 atom stereocenters. The predicted molar refractivity (Wildman–Crippen MR) is 119 cm³/mol. The number of benzene rings is 2. The molecule has 0 aliphatic heterocycles. The molecule has 3 nitrogen and oxygen atoms in total. The van der Waals surface area contributed by atoms with Gasteiger partial charge in [0.2, 0.25) is 0 Å². The zero-order valence-corrected chi connectivity index (χ0v) is 19.2. The number of nitrogens with one attached hydrogen (secondary N) is 1. The summed E-state index contributed by atoms with van der Waals surface area (Å²) in [6.07, 6.45) is -2.88. The highest BCUT2D eigenvalue weighted by molar-refractivity contribution is 7.98. The Labute approximate surface area is 185 Å². The number of thioether (sulfide) groups is 1. The Bertz CT molecular complexity index is 1070. The van der Waals surface area contributed by atoms with Gasteiger partial charge in [0.25, 0.3) is 5.91 Å². The molecule has 0 aromatic heterocycles. The molecule has 0 fully saturated rings. The number of halogens is 3. The maximum absolute atomic E-state index is 13.1. The summed E-state index contributed by atoms with van der Waals surface area (Å²) in [5.74, 6) is -0.555. The lowest BCUT2D eigenvalue weighted by Crippen LogP contribution is -2.31. The van der Waals surface area contributed by atoms with Crippen LogP contribution < -0.4 is 5.32 Å². The molecule has 7 heteroatoms. The molecule has 0 bridgehead atoms. The van der Waals surface area contributed by atoms with Crippen LogP contribution in [-0.4, -0.2) is 12.2 Å². The largest absolute Gasteiger partial charge is 0.416 e. The van der Waals surface area contributed by atoms with Crippen LogP contribution in [-0.2, 0) is 6.18 Å². The summed E-state index contributed by atoms with van der Waals surface area (Å²) in [4.78, 5) is 13.3. The minimum absolute atomic E-state index is 0.125. The fraction of sp³-hybridized carbons (Fsp3) is 0.333. The lowest BCUT2D eigenvalue weighted by Gasteiger charge is -2.26. The van der Waals surface area contributed by atoms with Gasteiger partial charge in [-0.15, -0.1) is 11.8 Å². The molecule has 0 spiro atoms. The minimum atomic E-state index is -4.49. The van der Waals surface area contributed by atoms with Gasteiger partial charge in [-0.2, -0.15) is 18.4 Å². The van der Waals surface area contributed by atoms with E-state index in [9.17, 15) is 23.2 Å². The van der Waals surface area contributed by atoms with E-state index in [1.807, 2.05) is 52.8 Å². The number of allylic oxidation sites excluding steroid dienone is 2. The molecule has 0 radical (unpaired) electrons. The average Bonchev–Trinajstić information content (AvgIpc) is 2.66. The van der Waals surface area contributed by atoms with Crippen molar-refractivity contribution in [3.63, 3.8) is 0 Å². The topological polar surface area (TPSA) is 52.9 Å². The van der Waals surface area contributed by atoms with Crippen LogP contribution in [0.2, 0.25) is 0 Å². The van der Waals surface area contributed by atoms with Gasteiger partial charge < -0.3 is 5.32 Å². The van der Waals surface area contributed by atoms with Crippen molar-refractivity contribution in [2.45, 2.75) is 45.7 Å². The zero-order valence-electron chi connectivity index (χ0n) is 18.4. The van der Waals surface area contributed by atoms with Gasteiger partial charge in [0.05, 0.1) is 16.7 Å². The van der Waals surface area contributed by atoms with Crippen molar-refractivity contribution in [1.82, 2.24) is 5.32 Å². The first-order valence-electron chi connectivity index (χ1n) is 9.58. The molecule has 0 heterocycles. The average molecular weight is 447 g/mol. The van der Waals surface area contributed by atoms with Gasteiger partial charge in [0, 0.05) is 16.0 Å². The standard InChI is InChI=1S/C24H25F3N2OS/c1-14-7-9-17(15(2)11-14)19(13-28)21(23(3,4)5)29-22(30)18-10-8-16(24(25,26)27)12-20(18)31-6/h7-12H,1-6H3,(H,29,30). The molecule has 2 rings (SSSR count). The first kappa shape index (κ1) is 24.5. The Hall–Kier alpha value is -2.72. The Kier molecular flexibility index (Phi) is 7.28. The Morgan fingerprint density at radius 3 is 2.13 bits per heavy atom. The maximum atomic E-state index is 13.1. The number of carbonyl (C=O) groups excluding carboxylic acids is 1. The van der Waals surface area contributed by atoms with Crippen molar-refractivity contribution in [3.8, 4) is 6.07 Å². The first-order valence-corrected chi connectivity index (χ1v) is 10.8. The van der Waals surface area contributed by atoms with E-state index >= 15 is 0 Å². The van der Waals surface area contributed by atoms with Gasteiger partial charge in [-0.05, 0) is 49.4 Å². The van der Waals surface area contributed by atoms with Crippen LogP contribution in [0.15, 0.2) is 47.0 Å². The van der Waals surface area contributed by atoms with Crippen molar-refractivity contribution in [1.29, 1.82) is 5.26 Å². The molecular formula is C24H25F3N2OS. The lowest BCUT2D eigenvalue weighted by atomic mass is 9.85. The normalized spacial score (nSPS) is 12.8. The maximum Gasteiger partial charge on any atom is 0.416 e. The fourth-order valence-electron chi connectivity index (χ4n) is 3.21. The summed E-state index contributed by atoms with van der Waals surface area (Å²) in [6, 6.07) is 10.9. The Morgan fingerprint density at radius 1 is 1.03 bits per heavy atom. The van der Waals surface area contributed by atoms with Crippen LogP contribution in [0.4, 0.5) is 13.2 Å². The summed E-state index contributed by atoms with van der Waals surface area (Å²) in [7, 11) is 0. The molecule has 0 unspecified atom stereocenters. The molecule has 1 N–H and O–H groups in total. The quantitative estimate of drug-likeness (QED) is 0.417. The lowest BCUT2D eigenvalue weighted by molar-refractivity contribution is -0.137. The summed E-state index contributed by atoms with van der Waals surface area (Å²) >= 11 is 1.06. The second kappa shape index (κ2) is 9.19. The highest BCUT2D eigenvalue weighted by Gasteiger charge is 2.32. The number of carbonyl (C=O) groups is 1. The van der Waals surface area contributed by atoms with Crippen LogP contribution in [0, 0.1) is 30.6 Å². The highest BCUT2D eigenvalue weighted by Crippen LogP contribution is 2.35. The monoisotopic (exact) mass is 446 g/mol. The van der Waals surface area contributed by atoms with Crippen molar-refractivity contribution < 1.29 is 18.0 Å². The second-order valence-corrected chi connectivity index (χ2v) is 9.15. The van der Waals surface area contributed by atoms with Crippen molar-refractivity contribution in [2.24, 2.45) is 5.41 Å². The molecule has 2 aromatic rings. The Morgan fingerprint density at radius 2 is 1.65 bits per heavy atom. The van der Waals surface area contributed by atoms with Crippen LogP contribution in [0.5, 0.6) is 0 Å². The van der Waals surface area contributed by atoms with E-state index in [2.05, 4.69) is 11.4 Å². The van der Waals surface area contributed by atoms with Gasteiger partial charge >= 0.3 is 6.18 Å². The summed E-state index contributed by atoms with van der Waals surface area (Å²) in [5.41, 5.74) is 2.11. The zero-order chi connectivity index (χ0) is 23.6. The SMILES string of the molecule is CSc1cc(C(F)(F)F)ccc1C(=O)NC(=C(C#N)c1ccc(C)cc1C)C(C)(C)C. The van der Waals surface area contributed by atoms with E-state index in [-0.39, 0.29) is 10.5 Å². The van der Waals surface area contributed by atoms with E-state index in [0.717, 1.165) is 35.0 Å². The highest BCUT2D eigenvalue weighted by atomic mass is 32.2. The van der Waals surface area contributed by atoms with Crippen LogP contribution >= 0.6 is 11.8 Å². The number of amides is 1. The van der Waals surface area contributed by atoms with E-state index < -0.39 is 23.1 Å². The molecular weight excluding hydrogens is 421 g/mol. The summed E-state index contributed by atoms with van der Waals surface area (Å²) in [6.45, 7) is 9.44. The third-order valence-corrected chi connectivity index (χ3v) is 5.55. The summed E-state index contributed by atoms with van der Waals surface area (Å²) < 4.78 is 39.2. The van der Waals surface area contributed by atoms with E-state index in [1.165, 1.54) is 6.07 Å². The Balaban J connectivity index is 2.59. The van der Waals surface area contributed by atoms with Crippen LogP contribution in [0.1, 0.15) is 53.4 Å². The fourth-order valence-corrected chi connectivity index (χ4v) is 3.83. The smallest absolute Gasteiger partial charge is 0.324 e. The molecule has 2 aromatic carbocycles. The summed E-state index contributed by atoms with van der Waals surface area (Å²) in [5, 5.41) is 12.7. The van der Waals surface area contributed by atoms with Crippen molar-refractivity contribution >= 4 is 23.2 Å². The number of hydrogen-bond acceptors (Lipinski definition) is 3. The predicted octanol–water partition coefficient (Wildman–Crippen LogP) is 6.75. The third-order valence-electron chi connectivity index (χ3n) is 4.78. The van der Waals surface area contributed by atoms with Gasteiger partial charge in [-0.25, -0.2) is 0 Å². The van der Waals surface area contributed by atoms with Gasteiger partial charge in [0.1, 0.15) is 6.07 Å². The molecule has 0 saturated heterocycles. The molecule has 31 heavy (non-hydrogen) atoms. The molecule has 1 amide bonds. The van der Waals surface area contributed by atoms with Crippen molar-refractivity contribution in [2.75, 3.05) is 6.26 Å². The number of nitrogens with zero attached hydrogens (tertiary/aromatic N) is 1. The number of rotatable bonds is 4. The van der Waals surface area contributed by atoms with Crippen LogP contribution in [0.3, 0.4) is 0 Å². The van der Waals surface area contributed by atoms with E-state index in [0.29, 0.717) is 16.8 Å². The molecule has 0 aliphatic rings. The second-order valence-electron chi connectivity index (χ2n) is 8.30. The van der Waals surface area contributed by atoms with Crippen LogP contribution in [0.25, 0.3) is 5.57 Å². The number of hydrogen-bond donors (Lipinski definition) is 1. The number of alkyl halides is 3. The van der Waals surface area contributed by atoms with Gasteiger partial charge in [0.15, 0.2) is 0 Å². The van der Waals surface area contributed by atoms with E-state index in [4.69, 9.17) is 0 Å². The molecule has 0 aliphatic carbocycles. The number of aryl methyl sites for hydroxylation is 2. The number of nitriles is 1. The van der Waals surface area contributed by atoms with E-state index in [1.54, 1.807) is 6.26 Å². The van der Waals surface area contributed by atoms with Gasteiger partial charge in [-0.1, -0.05) is 44.5 Å². The third kappa shape index (κ3) is 5.71. The minimum Gasteiger partial charge on any atom is -0.324 e. The first-order chi connectivity index (χ1) is 14.3. The van der Waals surface area contributed by atoms with Crippen molar-refractivity contribution in [3.05, 3.63) is 69.9 Å². The molecule has 0 saturated carbocycles.